The average Bonchev–Trinajstić information content (AvgIpc) is 2.16. The van der Waals surface area contributed by atoms with E-state index in [0.717, 1.165) is 17.4 Å². The number of pyridine rings is 1. The van der Waals surface area contributed by atoms with Crippen molar-refractivity contribution in [3.8, 4) is 0 Å². The van der Waals surface area contributed by atoms with E-state index in [1.54, 1.807) is 0 Å². The van der Waals surface area contributed by atoms with Crippen LogP contribution in [0.15, 0.2) is 18.3 Å². The van der Waals surface area contributed by atoms with Crippen LogP contribution in [0.4, 0.5) is 11.5 Å². The number of nitrogens with one attached hydrogen (secondary N) is 1. The van der Waals surface area contributed by atoms with E-state index in [4.69, 9.17) is 0 Å². The Bertz CT molecular complexity index is 303. The van der Waals surface area contributed by atoms with Gasteiger partial charge in [-0.3, -0.25) is 0 Å². The Balaban J connectivity index is 2.55. The van der Waals surface area contributed by atoms with Crippen LogP contribution in [0.1, 0.15) is 27.2 Å². The van der Waals surface area contributed by atoms with Gasteiger partial charge in [-0.2, -0.15) is 0 Å². The van der Waals surface area contributed by atoms with Gasteiger partial charge in [-0.25, -0.2) is 4.98 Å². The third kappa shape index (κ3) is 4.09. The fourth-order valence-corrected chi connectivity index (χ4v) is 1.79. The molecule has 1 heterocycles. The molecule has 1 unspecified atom stereocenters. The van der Waals surface area contributed by atoms with E-state index in [0.29, 0.717) is 6.04 Å². The summed E-state index contributed by atoms with van der Waals surface area (Å²) in [6.07, 6.45) is 3.07. The fourth-order valence-electron chi connectivity index (χ4n) is 1.79. The van der Waals surface area contributed by atoms with Gasteiger partial charge in [0.05, 0.1) is 11.9 Å². The molecular formula is C13H23N3. The van der Waals surface area contributed by atoms with E-state index in [1.165, 1.54) is 6.42 Å². The molecule has 0 spiro atoms. The zero-order chi connectivity index (χ0) is 12.1. The van der Waals surface area contributed by atoms with E-state index in [-0.39, 0.29) is 0 Å². The number of hydrogen-bond donors (Lipinski definition) is 1. The molecule has 90 valence electrons. The predicted octanol–water partition coefficient (Wildman–Crippen LogP) is 2.99. The molecule has 0 saturated carbocycles. The van der Waals surface area contributed by atoms with Crippen LogP contribution < -0.4 is 10.2 Å². The summed E-state index contributed by atoms with van der Waals surface area (Å²) in [5, 5.41) is 3.46. The molecular weight excluding hydrogens is 198 g/mol. The molecule has 0 amide bonds. The van der Waals surface area contributed by atoms with Crippen molar-refractivity contribution in [2.75, 3.05) is 24.3 Å². The van der Waals surface area contributed by atoms with E-state index in [2.05, 4.69) is 37.1 Å². The molecule has 0 aromatic carbocycles. The molecule has 0 aliphatic rings. The monoisotopic (exact) mass is 221 g/mol. The Hall–Kier alpha value is -1.25. The second-order valence-electron chi connectivity index (χ2n) is 4.97. The highest BCUT2D eigenvalue weighted by molar-refractivity contribution is 5.48. The Kier molecular flexibility index (Phi) is 4.59. The van der Waals surface area contributed by atoms with Crippen LogP contribution in [-0.4, -0.2) is 25.1 Å². The predicted molar refractivity (Wildman–Crippen MR) is 71.1 cm³/mol. The smallest absolute Gasteiger partial charge is 0.128 e. The second-order valence-corrected chi connectivity index (χ2v) is 4.97. The lowest BCUT2D eigenvalue weighted by Gasteiger charge is -2.18. The van der Waals surface area contributed by atoms with Gasteiger partial charge in [0.2, 0.25) is 0 Å². The summed E-state index contributed by atoms with van der Waals surface area (Å²) < 4.78 is 0. The first kappa shape index (κ1) is 12.8. The molecule has 0 bridgehead atoms. The molecule has 0 aliphatic carbocycles. The molecule has 0 saturated heterocycles. The van der Waals surface area contributed by atoms with Crippen molar-refractivity contribution in [3.63, 3.8) is 0 Å². The molecule has 1 aromatic rings. The summed E-state index contributed by atoms with van der Waals surface area (Å²) in [6.45, 7) is 6.69. The van der Waals surface area contributed by atoms with Gasteiger partial charge in [0.25, 0.3) is 0 Å². The van der Waals surface area contributed by atoms with Gasteiger partial charge in [0.15, 0.2) is 0 Å². The zero-order valence-electron chi connectivity index (χ0n) is 11.0. The highest BCUT2D eigenvalue weighted by Crippen LogP contribution is 2.14. The minimum atomic E-state index is 0.493. The van der Waals surface area contributed by atoms with Crippen molar-refractivity contribution in [2.45, 2.75) is 33.2 Å². The number of hydrogen-bond acceptors (Lipinski definition) is 3. The quantitative estimate of drug-likeness (QED) is 0.828. The van der Waals surface area contributed by atoms with Crippen molar-refractivity contribution in [1.29, 1.82) is 0 Å². The van der Waals surface area contributed by atoms with Crippen molar-refractivity contribution in [1.82, 2.24) is 4.98 Å². The first-order valence-electron chi connectivity index (χ1n) is 5.89. The lowest BCUT2D eigenvalue weighted by atomic mass is 10.1. The van der Waals surface area contributed by atoms with Gasteiger partial charge in [-0.1, -0.05) is 13.8 Å². The summed E-state index contributed by atoms with van der Waals surface area (Å²) >= 11 is 0. The second kappa shape index (κ2) is 5.73. The van der Waals surface area contributed by atoms with Crippen molar-refractivity contribution >= 4 is 11.5 Å². The first-order chi connectivity index (χ1) is 7.49. The fraction of sp³-hybridized carbons (Fsp3) is 0.615. The molecule has 0 aliphatic heterocycles. The highest BCUT2D eigenvalue weighted by Gasteiger charge is 2.05. The van der Waals surface area contributed by atoms with E-state index >= 15 is 0 Å². The molecule has 16 heavy (non-hydrogen) atoms. The van der Waals surface area contributed by atoms with Crippen molar-refractivity contribution < 1.29 is 0 Å². The van der Waals surface area contributed by atoms with Gasteiger partial charge in [0, 0.05) is 20.1 Å². The van der Waals surface area contributed by atoms with Crippen LogP contribution in [-0.2, 0) is 0 Å². The molecule has 1 atom stereocenters. The van der Waals surface area contributed by atoms with Gasteiger partial charge in [-0.05, 0) is 31.4 Å². The summed E-state index contributed by atoms with van der Waals surface area (Å²) in [4.78, 5) is 6.38. The highest BCUT2D eigenvalue weighted by atomic mass is 15.1. The molecule has 1 N–H and O–H groups in total. The number of nitrogens with zero attached hydrogens (tertiary/aromatic N) is 2. The minimum absolute atomic E-state index is 0.493. The average molecular weight is 221 g/mol. The Labute approximate surface area is 98.9 Å². The van der Waals surface area contributed by atoms with Crippen LogP contribution >= 0.6 is 0 Å². The Morgan fingerprint density at radius 1 is 1.25 bits per heavy atom. The summed E-state index contributed by atoms with van der Waals surface area (Å²) in [5.74, 6) is 1.71. The minimum Gasteiger partial charge on any atom is -0.381 e. The van der Waals surface area contributed by atoms with Crippen LogP contribution in [0.2, 0.25) is 0 Å². The molecule has 3 nitrogen and oxygen atoms in total. The lowest BCUT2D eigenvalue weighted by molar-refractivity contribution is 0.539. The van der Waals surface area contributed by atoms with E-state index in [1.807, 2.05) is 31.3 Å². The molecule has 0 fully saturated rings. The van der Waals surface area contributed by atoms with Gasteiger partial charge in [-0.15, -0.1) is 0 Å². The lowest BCUT2D eigenvalue weighted by Crippen LogP contribution is -2.17. The van der Waals surface area contributed by atoms with E-state index in [9.17, 15) is 0 Å². The van der Waals surface area contributed by atoms with Crippen LogP contribution in [0.25, 0.3) is 0 Å². The third-order valence-electron chi connectivity index (χ3n) is 2.44. The van der Waals surface area contributed by atoms with Crippen LogP contribution in [0.5, 0.6) is 0 Å². The summed E-state index contributed by atoms with van der Waals surface area (Å²) in [6, 6.07) is 4.61. The molecule has 1 aromatic heterocycles. The third-order valence-corrected chi connectivity index (χ3v) is 2.44. The SMILES string of the molecule is CC(C)CC(C)Nc1ccc(N(C)C)nc1. The normalized spacial score (nSPS) is 12.6. The van der Waals surface area contributed by atoms with Crippen LogP contribution in [0.3, 0.4) is 0 Å². The molecule has 1 rings (SSSR count). The number of anilines is 2. The maximum absolute atomic E-state index is 4.37. The molecule has 0 radical (unpaired) electrons. The van der Waals surface area contributed by atoms with Crippen molar-refractivity contribution in [3.05, 3.63) is 18.3 Å². The maximum Gasteiger partial charge on any atom is 0.128 e. The van der Waals surface area contributed by atoms with Crippen molar-refractivity contribution in [2.24, 2.45) is 5.92 Å². The van der Waals surface area contributed by atoms with E-state index < -0.39 is 0 Å². The number of aromatic nitrogens is 1. The van der Waals surface area contributed by atoms with Gasteiger partial charge < -0.3 is 10.2 Å². The molecule has 3 heteroatoms. The Morgan fingerprint density at radius 3 is 2.38 bits per heavy atom. The van der Waals surface area contributed by atoms with Gasteiger partial charge >= 0.3 is 0 Å². The topological polar surface area (TPSA) is 28.2 Å². The largest absolute Gasteiger partial charge is 0.381 e. The first-order valence-corrected chi connectivity index (χ1v) is 5.89. The Morgan fingerprint density at radius 2 is 1.94 bits per heavy atom. The standard InChI is InChI=1S/C13H23N3/c1-10(2)8-11(3)15-12-6-7-13(14-9-12)16(4)5/h6-7,9-11,15H,8H2,1-5H3. The summed E-state index contributed by atoms with van der Waals surface area (Å²) in [5.41, 5.74) is 1.10. The zero-order valence-corrected chi connectivity index (χ0v) is 11.0. The van der Waals surface area contributed by atoms with Crippen LogP contribution in [0, 0.1) is 5.92 Å². The maximum atomic E-state index is 4.37. The van der Waals surface area contributed by atoms with Gasteiger partial charge in [0.1, 0.15) is 5.82 Å². The number of rotatable bonds is 5. The summed E-state index contributed by atoms with van der Waals surface area (Å²) in [7, 11) is 3.99.